The van der Waals surface area contributed by atoms with Crippen molar-refractivity contribution >= 4 is 39.9 Å². The highest BCUT2D eigenvalue weighted by Crippen LogP contribution is 2.30. The van der Waals surface area contributed by atoms with E-state index in [-0.39, 0.29) is 11.5 Å². The molecule has 1 amide bonds. The summed E-state index contributed by atoms with van der Waals surface area (Å²) in [4.78, 5) is 34.6. The summed E-state index contributed by atoms with van der Waals surface area (Å²) in [7, 11) is 1.58. The minimum absolute atomic E-state index is 0.0924. The van der Waals surface area contributed by atoms with E-state index in [0.29, 0.717) is 40.5 Å². The molecule has 1 aromatic heterocycles. The molecule has 39 heavy (non-hydrogen) atoms. The number of fused-ring (bicyclic) bond motifs is 1. The second kappa shape index (κ2) is 12.4. The van der Waals surface area contributed by atoms with Crippen molar-refractivity contribution in [3.63, 3.8) is 0 Å². The molecule has 0 radical (unpaired) electrons. The van der Waals surface area contributed by atoms with Crippen LogP contribution in [0.5, 0.6) is 5.75 Å². The van der Waals surface area contributed by atoms with Crippen LogP contribution in [0, 0.1) is 0 Å². The third kappa shape index (κ3) is 6.11. The smallest absolute Gasteiger partial charge is 0.262 e. The van der Waals surface area contributed by atoms with E-state index in [4.69, 9.17) is 9.72 Å². The predicted molar refractivity (Wildman–Crippen MR) is 159 cm³/mol. The van der Waals surface area contributed by atoms with Crippen molar-refractivity contribution < 1.29 is 9.53 Å². The predicted octanol–water partition coefficient (Wildman–Crippen LogP) is 5.95. The lowest BCUT2D eigenvalue weighted by atomic mass is 10.1. The van der Waals surface area contributed by atoms with Crippen molar-refractivity contribution in [2.24, 2.45) is 0 Å². The largest absolute Gasteiger partial charge is 0.495 e. The first-order chi connectivity index (χ1) is 19.1. The SMILES string of the molecule is CC[C@H](Sc1nc2ccc(N3CCCCC3)cc2c(=O)n1Cc1ccccc1)C(=O)Nc1ccccc1OC. The molecule has 0 saturated carbocycles. The summed E-state index contributed by atoms with van der Waals surface area (Å²) in [6, 6.07) is 23.2. The van der Waals surface area contributed by atoms with Gasteiger partial charge in [-0.3, -0.25) is 14.2 Å². The molecule has 2 heterocycles. The Morgan fingerprint density at radius 1 is 1.03 bits per heavy atom. The molecule has 1 fully saturated rings. The number of hydrogen-bond acceptors (Lipinski definition) is 6. The summed E-state index contributed by atoms with van der Waals surface area (Å²) in [5.74, 6) is 0.438. The van der Waals surface area contributed by atoms with E-state index in [1.807, 2.05) is 73.7 Å². The normalized spacial score (nSPS) is 14.3. The number of nitrogens with zero attached hydrogens (tertiary/aromatic N) is 3. The molecule has 1 aliphatic heterocycles. The number of piperidine rings is 1. The van der Waals surface area contributed by atoms with Crippen LogP contribution in [0.25, 0.3) is 10.9 Å². The molecule has 0 bridgehead atoms. The lowest BCUT2D eigenvalue weighted by molar-refractivity contribution is -0.115. The molecule has 0 unspecified atom stereocenters. The van der Waals surface area contributed by atoms with Gasteiger partial charge < -0.3 is 15.0 Å². The van der Waals surface area contributed by atoms with Gasteiger partial charge in [-0.2, -0.15) is 0 Å². The number of aromatic nitrogens is 2. The monoisotopic (exact) mass is 542 g/mol. The molecule has 0 spiro atoms. The Balaban J connectivity index is 1.51. The average molecular weight is 543 g/mol. The van der Waals surface area contributed by atoms with Crippen molar-refractivity contribution in [3.8, 4) is 5.75 Å². The number of thioether (sulfide) groups is 1. The zero-order valence-corrected chi connectivity index (χ0v) is 23.2. The van der Waals surface area contributed by atoms with Gasteiger partial charge in [-0.05, 0) is 61.6 Å². The maximum atomic E-state index is 14.0. The van der Waals surface area contributed by atoms with Gasteiger partial charge in [0.25, 0.3) is 5.56 Å². The minimum Gasteiger partial charge on any atom is -0.495 e. The van der Waals surface area contributed by atoms with Crippen molar-refractivity contribution in [1.82, 2.24) is 9.55 Å². The molecule has 202 valence electrons. The number of rotatable bonds is 9. The Morgan fingerprint density at radius 2 is 1.77 bits per heavy atom. The molecule has 4 aromatic rings. The minimum atomic E-state index is -0.450. The van der Waals surface area contributed by atoms with Crippen LogP contribution in [0.2, 0.25) is 0 Å². The number of ether oxygens (including phenoxy) is 1. The lowest BCUT2D eigenvalue weighted by Gasteiger charge is -2.29. The van der Waals surface area contributed by atoms with Gasteiger partial charge in [-0.15, -0.1) is 0 Å². The number of amides is 1. The Kier molecular flexibility index (Phi) is 8.51. The van der Waals surface area contributed by atoms with Crippen molar-refractivity contribution in [3.05, 3.63) is 88.7 Å². The van der Waals surface area contributed by atoms with Crippen molar-refractivity contribution in [2.45, 2.75) is 49.6 Å². The second-order valence-corrected chi connectivity index (χ2v) is 10.9. The van der Waals surface area contributed by atoms with Gasteiger partial charge in [0.15, 0.2) is 5.16 Å². The number of methoxy groups -OCH3 is 1. The number of nitrogens with one attached hydrogen (secondary N) is 1. The summed E-state index contributed by atoms with van der Waals surface area (Å²) in [5, 5.41) is 3.68. The molecule has 1 saturated heterocycles. The van der Waals surface area contributed by atoms with Crippen LogP contribution < -0.4 is 20.5 Å². The Morgan fingerprint density at radius 3 is 2.51 bits per heavy atom. The molecule has 7 nitrogen and oxygen atoms in total. The highest BCUT2D eigenvalue weighted by atomic mass is 32.2. The zero-order chi connectivity index (χ0) is 27.2. The fraction of sp³-hybridized carbons (Fsp3) is 0.323. The lowest BCUT2D eigenvalue weighted by Crippen LogP contribution is -2.30. The number of hydrogen-bond donors (Lipinski definition) is 1. The fourth-order valence-electron chi connectivity index (χ4n) is 4.94. The van der Waals surface area contributed by atoms with Crippen LogP contribution in [0.3, 0.4) is 0 Å². The Labute approximate surface area is 233 Å². The van der Waals surface area contributed by atoms with E-state index in [9.17, 15) is 9.59 Å². The quantitative estimate of drug-likeness (QED) is 0.208. The highest BCUT2D eigenvalue weighted by molar-refractivity contribution is 8.00. The number of para-hydroxylation sites is 2. The summed E-state index contributed by atoms with van der Waals surface area (Å²) in [6.45, 7) is 4.35. The van der Waals surface area contributed by atoms with Gasteiger partial charge in [0.1, 0.15) is 5.75 Å². The fourth-order valence-corrected chi connectivity index (χ4v) is 5.96. The van der Waals surface area contributed by atoms with Gasteiger partial charge in [-0.25, -0.2) is 4.98 Å². The number of carbonyl (C=O) groups excluding carboxylic acids is 1. The standard InChI is InChI=1S/C31H34N4O3S/c1-3-28(29(36)32-26-14-8-9-15-27(26)38-2)39-31-33-25-17-16-23(34-18-10-5-11-19-34)20-24(25)30(37)35(31)21-22-12-6-4-7-13-22/h4,6-9,12-17,20,28H,3,5,10-11,18-19,21H2,1-2H3,(H,32,36)/t28-/m0/s1. The van der Waals surface area contributed by atoms with Crippen LogP contribution in [0.15, 0.2) is 82.7 Å². The third-order valence-electron chi connectivity index (χ3n) is 7.08. The van der Waals surface area contributed by atoms with Crippen LogP contribution in [0.4, 0.5) is 11.4 Å². The zero-order valence-electron chi connectivity index (χ0n) is 22.4. The summed E-state index contributed by atoms with van der Waals surface area (Å²) < 4.78 is 7.11. The van der Waals surface area contributed by atoms with Crippen molar-refractivity contribution in [1.29, 1.82) is 0 Å². The first-order valence-corrected chi connectivity index (χ1v) is 14.4. The van der Waals surface area contributed by atoms with Gasteiger partial charge in [0, 0.05) is 18.8 Å². The number of benzene rings is 3. The maximum absolute atomic E-state index is 14.0. The molecule has 8 heteroatoms. The van der Waals surface area contributed by atoms with E-state index in [1.165, 1.54) is 31.0 Å². The van der Waals surface area contributed by atoms with Crippen LogP contribution in [-0.4, -0.2) is 40.9 Å². The Hall–Kier alpha value is -3.78. The topological polar surface area (TPSA) is 76.5 Å². The molecule has 1 atom stereocenters. The van der Waals surface area contributed by atoms with Crippen LogP contribution in [0.1, 0.15) is 38.2 Å². The Bertz CT molecular complexity index is 1500. The van der Waals surface area contributed by atoms with E-state index in [2.05, 4.69) is 16.3 Å². The summed E-state index contributed by atoms with van der Waals surface area (Å²) >= 11 is 1.33. The van der Waals surface area contributed by atoms with Crippen molar-refractivity contribution in [2.75, 3.05) is 30.4 Å². The van der Waals surface area contributed by atoms with Crippen LogP contribution in [-0.2, 0) is 11.3 Å². The van der Waals surface area contributed by atoms with Gasteiger partial charge in [0.2, 0.25) is 5.91 Å². The third-order valence-corrected chi connectivity index (χ3v) is 8.44. The van der Waals surface area contributed by atoms with E-state index in [0.717, 1.165) is 24.3 Å². The first-order valence-electron chi connectivity index (χ1n) is 13.5. The molecular weight excluding hydrogens is 508 g/mol. The summed E-state index contributed by atoms with van der Waals surface area (Å²) in [5.41, 5.74) is 3.23. The first kappa shape index (κ1) is 26.8. The molecule has 1 aliphatic rings. The average Bonchev–Trinajstić information content (AvgIpc) is 2.98. The van der Waals surface area contributed by atoms with E-state index < -0.39 is 5.25 Å². The molecule has 3 aromatic carbocycles. The van der Waals surface area contributed by atoms with Gasteiger partial charge in [-0.1, -0.05) is 61.2 Å². The number of carbonyl (C=O) groups is 1. The van der Waals surface area contributed by atoms with Gasteiger partial charge >= 0.3 is 0 Å². The van der Waals surface area contributed by atoms with E-state index >= 15 is 0 Å². The van der Waals surface area contributed by atoms with E-state index in [1.54, 1.807) is 11.7 Å². The molecule has 5 rings (SSSR count). The molecule has 1 N–H and O–H groups in total. The van der Waals surface area contributed by atoms with Crippen LogP contribution >= 0.6 is 11.8 Å². The maximum Gasteiger partial charge on any atom is 0.262 e. The second-order valence-electron chi connectivity index (χ2n) is 9.72. The van der Waals surface area contributed by atoms with Gasteiger partial charge in [0.05, 0.1) is 35.5 Å². The highest BCUT2D eigenvalue weighted by Gasteiger charge is 2.23. The molecular formula is C31H34N4O3S. The number of anilines is 2. The summed E-state index contributed by atoms with van der Waals surface area (Å²) in [6.07, 6.45) is 4.15. The molecule has 0 aliphatic carbocycles.